The molecule has 0 saturated heterocycles. The molecule has 0 heterocycles. The molecule has 4 heteroatoms. The van der Waals surface area contributed by atoms with Crippen LogP contribution < -0.4 is 10.1 Å². The maximum absolute atomic E-state index is 6.13. The summed E-state index contributed by atoms with van der Waals surface area (Å²) in [5, 5.41) is 4.16. The van der Waals surface area contributed by atoms with Gasteiger partial charge in [-0.15, -0.1) is 0 Å². The molecule has 0 aromatic heterocycles. The minimum atomic E-state index is 0.110. The highest BCUT2D eigenvalue weighted by atomic mass is 79.9. The Balaban J connectivity index is 2.50. The molecule has 2 aromatic carbocycles. The van der Waals surface area contributed by atoms with Gasteiger partial charge in [0.2, 0.25) is 0 Å². The molecule has 1 unspecified atom stereocenters. The van der Waals surface area contributed by atoms with E-state index in [1.807, 2.05) is 18.2 Å². The second-order valence-corrected chi connectivity index (χ2v) is 6.21. The Hall–Kier alpha value is -1.03. The smallest absolute Gasteiger partial charge is 0.137 e. The molecule has 0 aliphatic rings. The Bertz CT molecular complexity index is 630. The van der Waals surface area contributed by atoms with E-state index >= 15 is 0 Å². The van der Waals surface area contributed by atoms with Crippen molar-refractivity contribution in [3.8, 4) is 5.75 Å². The zero-order valence-corrected chi connectivity index (χ0v) is 14.8. The quantitative estimate of drug-likeness (QED) is 0.791. The van der Waals surface area contributed by atoms with E-state index in [-0.39, 0.29) is 6.04 Å². The molecule has 0 aliphatic carbocycles. The van der Waals surface area contributed by atoms with E-state index in [2.05, 4.69) is 53.3 Å². The lowest BCUT2D eigenvalue weighted by atomic mass is 9.95. The second kappa shape index (κ2) is 7.30. The maximum Gasteiger partial charge on any atom is 0.137 e. The van der Waals surface area contributed by atoms with E-state index in [1.54, 1.807) is 7.11 Å². The standard InChI is InChI=1S/C17H19BrClNO/c1-4-20-17(14-10-13(18)7-5-11(14)2)12-6-8-15(19)16(9-12)21-3/h5-10,17,20H,4H2,1-3H3. The summed E-state index contributed by atoms with van der Waals surface area (Å²) in [4.78, 5) is 0. The van der Waals surface area contributed by atoms with Gasteiger partial charge in [0.05, 0.1) is 18.2 Å². The largest absolute Gasteiger partial charge is 0.495 e. The summed E-state index contributed by atoms with van der Waals surface area (Å²) in [6.45, 7) is 5.11. The van der Waals surface area contributed by atoms with Crippen molar-refractivity contribution in [3.05, 3.63) is 62.6 Å². The van der Waals surface area contributed by atoms with E-state index in [1.165, 1.54) is 11.1 Å². The average Bonchev–Trinajstić information content (AvgIpc) is 2.48. The SMILES string of the molecule is CCNC(c1ccc(Cl)c(OC)c1)c1cc(Br)ccc1C. The lowest BCUT2D eigenvalue weighted by molar-refractivity contribution is 0.414. The number of hydrogen-bond donors (Lipinski definition) is 1. The first-order chi connectivity index (χ1) is 10.1. The lowest BCUT2D eigenvalue weighted by Crippen LogP contribution is -2.22. The number of rotatable bonds is 5. The van der Waals surface area contributed by atoms with Gasteiger partial charge in [0.15, 0.2) is 0 Å². The molecule has 0 radical (unpaired) electrons. The predicted octanol–water partition coefficient (Wildman–Crippen LogP) is 5.12. The second-order valence-electron chi connectivity index (χ2n) is 4.89. The predicted molar refractivity (Wildman–Crippen MR) is 92.4 cm³/mol. The van der Waals surface area contributed by atoms with E-state index in [9.17, 15) is 0 Å². The third-order valence-corrected chi connectivity index (χ3v) is 4.27. The van der Waals surface area contributed by atoms with Crippen molar-refractivity contribution in [1.29, 1.82) is 0 Å². The molecule has 0 amide bonds. The Morgan fingerprint density at radius 1 is 1.24 bits per heavy atom. The summed E-state index contributed by atoms with van der Waals surface area (Å²) in [6, 6.07) is 12.4. The van der Waals surface area contributed by atoms with Crippen molar-refractivity contribution in [1.82, 2.24) is 5.32 Å². The maximum atomic E-state index is 6.13. The third-order valence-electron chi connectivity index (χ3n) is 3.47. The van der Waals surface area contributed by atoms with Crippen LogP contribution in [0.15, 0.2) is 40.9 Å². The van der Waals surface area contributed by atoms with Gasteiger partial charge in [-0.3, -0.25) is 0 Å². The fraction of sp³-hybridized carbons (Fsp3) is 0.294. The molecule has 2 rings (SSSR count). The van der Waals surface area contributed by atoms with Gasteiger partial charge >= 0.3 is 0 Å². The first kappa shape index (κ1) is 16.3. The number of hydrogen-bond acceptors (Lipinski definition) is 2. The minimum Gasteiger partial charge on any atom is -0.495 e. The molecule has 21 heavy (non-hydrogen) atoms. The van der Waals surface area contributed by atoms with Crippen LogP contribution in [-0.2, 0) is 0 Å². The highest BCUT2D eigenvalue weighted by molar-refractivity contribution is 9.10. The van der Waals surface area contributed by atoms with Gasteiger partial charge in [-0.2, -0.15) is 0 Å². The number of nitrogens with one attached hydrogen (secondary N) is 1. The summed E-state index contributed by atoms with van der Waals surface area (Å²) in [6.07, 6.45) is 0. The number of benzene rings is 2. The van der Waals surface area contributed by atoms with Crippen molar-refractivity contribution >= 4 is 27.5 Å². The van der Waals surface area contributed by atoms with Crippen LogP contribution in [0.1, 0.15) is 29.7 Å². The van der Waals surface area contributed by atoms with Gasteiger partial charge in [0.1, 0.15) is 5.75 Å². The molecule has 0 spiro atoms. The Morgan fingerprint density at radius 3 is 2.67 bits per heavy atom. The van der Waals surface area contributed by atoms with Gasteiger partial charge < -0.3 is 10.1 Å². The number of ether oxygens (including phenoxy) is 1. The molecule has 1 N–H and O–H groups in total. The Kier molecular flexibility index (Phi) is 5.68. The zero-order valence-electron chi connectivity index (χ0n) is 12.4. The summed E-state index contributed by atoms with van der Waals surface area (Å²) in [5.41, 5.74) is 3.63. The lowest BCUT2D eigenvalue weighted by Gasteiger charge is -2.22. The van der Waals surface area contributed by atoms with Crippen LogP contribution in [0.3, 0.4) is 0 Å². The number of halogens is 2. The van der Waals surface area contributed by atoms with E-state index in [4.69, 9.17) is 16.3 Å². The molecular weight excluding hydrogens is 350 g/mol. The first-order valence-electron chi connectivity index (χ1n) is 6.89. The van der Waals surface area contributed by atoms with E-state index in [0.717, 1.165) is 16.6 Å². The molecule has 112 valence electrons. The van der Waals surface area contributed by atoms with Crippen LogP contribution in [0.25, 0.3) is 0 Å². The van der Waals surface area contributed by atoms with Crippen molar-refractivity contribution in [2.24, 2.45) is 0 Å². The van der Waals surface area contributed by atoms with Gasteiger partial charge in [0.25, 0.3) is 0 Å². The van der Waals surface area contributed by atoms with Crippen LogP contribution in [0.2, 0.25) is 5.02 Å². The normalized spacial score (nSPS) is 12.2. The molecule has 0 fully saturated rings. The van der Waals surface area contributed by atoms with Crippen LogP contribution >= 0.6 is 27.5 Å². The highest BCUT2D eigenvalue weighted by Crippen LogP contribution is 2.32. The summed E-state index contributed by atoms with van der Waals surface area (Å²) < 4.78 is 6.41. The fourth-order valence-corrected chi connectivity index (χ4v) is 2.96. The molecule has 0 aliphatic heterocycles. The van der Waals surface area contributed by atoms with Crippen molar-refractivity contribution in [3.63, 3.8) is 0 Å². The van der Waals surface area contributed by atoms with Gasteiger partial charge in [0, 0.05) is 4.47 Å². The Morgan fingerprint density at radius 2 is 2.00 bits per heavy atom. The summed E-state index contributed by atoms with van der Waals surface area (Å²) >= 11 is 9.68. The minimum absolute atomic E-state index is 0.110. The fourth-order valence-electron chi connectivity index (χ4n) is 2.39. The number of aryl methyl sites for hydroxylation is 1. The number of methoxy groups -OCH3 is 1. The van der Waals surface area contributed by atoms with Crippen LogP contribution in [0.4, 0.5) is 0 Å². The molecule has 2 nitrogen and oxygen atoms in total. The zero-order chi connectivity index (χ0) is 15.4. The van der Waals surface area contributed by atoms with Gasteiger partial charge in [-0.05, 0) is 54.4 Å². The third kappa shape index (κ3) is 3.79. The van der Waals surface area contributed by atoms with Crippen molar-refractivity contribution in [2.45, 2.75) is 19.9 Å². The summed E-state index contributed by atoms with van der Waals surface area (Å²) in [7, 11) is 1.64. The molecular formula is C17H19BrClNO. The van der Waals surface area contributed by atoms with E-state index < -0.39 is 0 Å². The first-order valence-corrected chi connectivity index (χ1v) is 8.06. The van der Waals surface area contributed by atoms with Crippen LogP contribution in [0, 0.1) is 6.92 Å². The Labute approximate surface area is 139 Å². The monoisotopic (exact) mass is 367 g/mol. The molecule has 1 atom stereocenters. The van der Waals surface area contributed by atoms with Gasteiger partial charge in [-0.1, -0.05) is 46.6 Å². The van der Waals surface area contributed by atoms with Crippen molar-refractivity contribution in [2.75, 3.05) is 13.7 Å². The average molecular weight is 369 g/mol. The van der Waals surface area contributed by atoms with E-state index in [0.29, 0.717) is 10.8 Å². The molecule has 0 saturated carbocycles. The summed E-state index contributed by atoms with van der Waals surface area (Å²) in [5.74, 6) is 0.699. The van der Waals surface area contributed by atoms with Crippen LogP contribution in [0.5, 0.6) is 5.75 Å². The van der Waals surface area contributed by atoms with Gasteiger partial charge in [-0.25, -0.2) is 0 Å². The highest BCUT2D eigenvalue weighted by Gasteiger charge is 2.17. The van der Waals surface area contributed by atoms with Crippen LogP contribution in [-0.4, -0.2) is 13.7 Å². The van der Waals surface area contributed by atoms with Crippen molar-refractivity contribution < 1.29 is 4.74 Å². The topological polar surface area (TPSA) is 21.3 Å². The molecule has 2 aromatic rings. The molecule has 0 bridgehead atoms.